The molecule has 0 spiro atoms. The van der Waals surface area contributed by atoms with Gasteiger partial charge in [0, 0.05) is 27.7 Å². The van der Waals surface area contributed by atoms with Gasteiger partial charge in [-0.05, 0) is 0 Å². The van der Waals surface area contributed by atoms with Crippen LogP contribution in [0.4, 0.5) is 0 Å². The van der Waals surface area contributed by atoms with E-state index in [-0.39, 0.29) is 5.66 Å². The van der Waals surface area contributed by atoms with Gasteiger partial charge < -0.3 is 0 Å². The van der Waals surface area contributed by atoms with Gasteiger partial charge in [-0.15, -0.1) is 0 Å². The highest BCUT2D eigenvalue weighted by atomic mass is 15.4. The van der Waals surface area contributed by atoms with Crippen molar-refractivity contribution in [3.8, 4) is 0 Å². The smallest absolute Gasteiger partial charge is 0.169 e. The molecule has 1 rings (SSSR count). The highest BCUT2D eigenvalue weighted by molar-refractivity contribution is 5.75. The molecule has 0 saturated carbocycles. The van der Waals surface area contributed by atoms with Gasteiger partial charge in [0.15, 0.2) is 11.4 Å². The van der Waals surface area contributed by atoms with Crippen LogP contribution in [0.25, 0.3) is 0 Å². The van der Waals surface area contributed by atoms with Crippen molar-refractivity contribution in [2.45, 2.75) is 47.2 Å². The van der Waals surface area contributed by atoms with Gasteiger partial charge in [-0.1, -0.05) is 0 Å². The van der Waals surface area contributed by atoms with Crippen molar-refractivity contribution in [1.82, 2.24) is 0 Å². The molecule has 13 heavy (non-hydrogen) atoms. The average molecular weight is 182 g/mol. The topological polar surface area (TPSA) is 6.02 Å². The van der Waals surface area contributed by atoms with Crippen LogP contribution in [0.15, 0.2) is 0 Å². The largest absolute Gasteiger partial charge is 0.345 e. The first-order chi connectivity index (χ1) is 5.87. The standard InChI is InChI=1S/C11H22N2/c1-9(2)12-7-8-13(10(3)4)11(12,5)6/h7-8H2,1-6H3/q+2. The van der Waals surface area contributed by atoms with E-state index in [0.29, 0.717) is 0 Å². The number of rotatable bonds is 0. The van der Waals surface area contributed by atoms with Gasteiger partial charge in [-0.3, -0.25) is 0 Å². The normalized spacial score (nSPS) is 20.8. The van der Waals surface area contributed by atoms with Crippen LogP contribution in [0.3, 0.4) is 0 Å². The SMILES string of the molecule is CC(C)=[N+]1CC[N+](=C(C)C)C1(C)C. The maximum absolute atomic E-state index is 2.47. The van der Waals surface area contributed by atoms with Gasteiger partial charge in [0.2, 0.25) is 13.1 Å². The van der Waals surface area contributed by atoms with E-state index in [0.717, 1.165) is 13.1 Å². The van der Waals surface area contributed by atoms with E-state index >= 15 is 0 Å². The molecule has 0 aromatic carbocycles. The minimum Gasteiger partial charge on any atom is -0.169 e. The lowest BCUT2D eigenvalue weighted by atomic mass is 10.2. The molecule has 2 nitrogen and oxygen atoms in total. The Morgan fingerprint density at radius 2 is 1.15 bits per heavy atom. The molecule has 1 heterocycles. The molecule has 1 saturated heterocycles. The van der Waals surface area contributed by atoms with Crippen molar-refractivity contribution < 1.29 is 9.15 Å². The monoisotopic (exact) mass is 182 g/mol. The molecular formula is C11H22N2+2. The Labute approximate surface area is 81.6 Å². The van der Waals surface area contributed by atoms with Crippen molar-refractivity contribution in [3.05, 3.63) is 0 Å². The van der Waals surface area contributed by atoms with E-state index in [1.807, 2.05) is 0 Å². The van der Waals surface area contributed by atoms with E-state index in [4.69, 9.17) is 0 Å². The van der Waals surface area contributed by atoms with Crippen molar-refractivity contribution in [2.24, 2.45) is 0 Å². The third-order valence-electron chi connectivity index (χ3n) is 2.95. The van der Waals surface area contributed by atoms with Gasteiger partial charge in [-0.25, -0.2) is 0 Å². The summed E-state index contributed by atoms with van der Waals surface area (Å²) in [5.74, 6) is 0. The van der Waals surface area contributed by atoms with Crippen LogP contribution in [-0.4, -0.2) is 39.3 Å². The predicted molar refractivity (Wildman–Crippen MR) is 57.0 cm³/mol. The second-order valence-corrected chi connectivity index (χ2v) is 4.69. The second kappa shape index (κ2) is 3.24. The summed E-state index contributed by atoms with van der Waals surface area (Å²) in [5.41, 5.74) is 2.99. The molecule has 0 unspecified atom stereocenters. The summed E-state index contributed by atoms with van der Waals surface area (Å²) in [6.45, 7) is 15.7. The zero-order valence-corrected chi connectivity index (χ0v) is 9.81. The van der Waals surface area contributed by atoms with Gasteiger partial charge in [-0.2, -0.15) is 9.15 Å². The van der Waals surface area contributed by atoms with Crippen LogP contribution < -0.4 is 0 Å². The Hall–Kier alpha value is -0.660. The van der Waals surface area contributed by atoms with Crippen molar-refractivity contribution in [3.63, 3.8) is 0 Å². The van der Waals surface area contributed by atoms with Gasteiger partial charge in [0.1, 0.15) is 0 Å². The lowest BCUT2D eigenvalue weighted by Gasteiger charge is -2.12. The molecule has 0 radical (unpaired) electrons. The van der Waals surface area contributed by atoms with E-state index in [1.165, 1.54) is 11.4 Å². The van der Waals surface area contributed by atoms with Crippen LogP contribution >= 0.6 is 0 Å². The molecule has 1 fully saturated rings. The van der Waals surface area contributed by atoms with E-state index < -0.39 is 0 Å². The summed E-state index contributed by atoms with van der Waals surface area (Å²) in [7, 11) is 0. The molecule has 74 valence electrons. The van der Waals surface area contributed by atoms with E-state index in [2.05, 4.69) is 50.7 Å². The lowest BCUT2D eigenvalue weighted by molar-refractivity contribution is -0.754. The van der Waals surface area contributed by atoms with Gasteiger partial charge in [0.05, 0.1) is 13.8 Å². The second-order valence-electron chi connectivity index (χ2n) is 4.69. The van der Waals surface area contributed by atoms with Crippen LogP contribution in [0.2, 0.25) is 0 Å². The molecular weight excluding hydrogens is 160 g/mol. The number of hydrogen-bond acceptors (Lipinski definition) is 0. The van der Waals surface area contributed by atoms with Crippen LogP contribution in [0, 0.1) is 0 Å². The molecule has 0 atom stereocenters. The molecule has 0 aromatic heterocycles. The maximum atomic E-state index is 2.47. The average Bonchev–Trinajstić information content (AvgIpc) is 2.24. The minimum absolute atomic E-state index is 0.164. The summed E-state index contributed by atoms with van der Waals surface area (Å²) in [6.07, 6.45) is 0. The van der Waals surface area contributed by atoms with Crippen molar-refractivity contribution >= 4 is 11.4 Å². The third kappa shape index (κ3) is 1.67. The number of nitrogens with zero attached hydrogens (tertiary/aromatic N) is 2. The third-order valence-corrected chi connectivity index (χ3v) is 2.95. The zero-order valence-electron chi connectivity index (χ0n) is 9.81. The minimum atomic E-state index is 0.164. The summed E-state index contributed by atoms with van der Waals surface area (Å²) >= 11 is 0. The van der Waals surface area contributed by atoms with Gasteiger partial charge in [0.25, 0.3) is 0 Å². The molecule has 1 aliphatic rings. The molecule has 1 aliphatic heterocycles. The summed E-state index contributed by atoms with van der Waals surface area (Å²) < 4.78 is 4.94. The Balaban J connectivity index is 3.19. The van der Waals surface area contributed by atoms with E-state index in [1.54, 1.807) is 0 Å². The fraction of sp³-hybridized carbons (Fsp3) is 0.818. The molecule has 0 aromatic rings. The summed E-state index contributed by atoms with van der Waals surface area (Å²) in [4.78, 5) is 0. The Morgan fingerprint density at radius 1 is 0.846 bits per heavy atom. The summed E-state index contributed by atoms with van der Waals surface area (Å²) in [5, 5.41) is 0. The predicted octanol–water partition coefficient (Wildman–Crippen LogP) is 1.72. The first kappa shape index (κ1) is 10.4. The Morgan fingerprint density at radius 3 is 1.31 bits per heavy atom. The van der Waals surface area contributed by atoms with E-state index in [9.17, 15) is 0 Å². The van der Waals surface area contributed by atoms with Crippen LogP contribution in [0.5, 0.6) is 0 Å². The molecule has 0 aliphatic carbocycles. The summed E-state index contributed by atoms with van der Waals surface area (Å²) in [6, 6.07) is 0. The highest BCUT2D eigenvalue weighted by Crippen LogP contribution is 2.18. The maximum Gasteiger partial charge on any atom is 0.345 e. The Kier molecular flexibility index (Phi) is 2.60. The van der Waals surface area contributed by atoms with Crippen molar-refractivity contribution in [2.75, 3.05) is 13.1 Å². The Bertz CT molecular complexity index is 246. The van der Waals surface area contributed by atoms with Crippen LogP contribution in [-0.2, 0) is 0 Å². The van der Waals surface area contributed by atoms with Crippen LogP contribution in [0.1, 0.15) is 41.5 Å². The molecule has 0 bridgehead atoms. The first-order valence-electron chi connectivity index (χ1n) is 5.03. The lowest BCUT2D eigenvalue weighted by Crippen LogP contribution is -2.42. The molecule has 0 N–H and O–H groups in total. The highest BCUT2D eigenvalue weighted by Gasteiger charge is 2.49. The first-order valence-corrected chi connectivity index (χ1v) is 5.03. The van der Waals surface area contributed by atoms with Crippen molar-refractivity contribution in [1.29, 1.82) is 0 Å². The molecule has 0 amide bonds. The quantitative estimate of drug-likeness (QED) is 0.503. The van der Waals surface area contributed by atoms with Gasteiger partial charge >= 0.3 is 5.66 Å². The number of hydrogen-bond donors (Lipinski definition) is 0. The fourth-order valence-electron chi connectivity index (χ4n) is 2.43. The fourth-order valence-corrected chi connectivity index (χ4v) is 2.43. The molecule has 2 heteroatoms. The zero-order chi connectivity index (χ0) is 10.2.